The molecule has 0 unspecified atom stereocenters. The van der Waals surface area contributed by atoms with Crippen LogP contribution in [0.15, 0.2) is 52.8 Å². The van der Waals surface area contributed by atoms with E-state index < -0.39 is 0 Å². The van der Waals surface area contributed by atoms with Crippen LogP contribution in [0.25, 0.3) is 0 Å². The lowest BCUT2D eigenvalue weighted by Gasteiger charge is -2.06. The minimum absolute atomic E-state index is 0.648. The Hall–Kier alpha value is -1.39. The maximum Gasteiger partial charge on any atom is 0.104 e. The highest BCUT2D eigenvalue weighted by Crippen LogP contribution is 2.27. The Morgan fingerprint density at radius 3 is 2.69 bits per heavy atom. The van der Waals surface area contributed by atoms with E-state index in [2.05, 4.69) is 16.0 Å². The standard InChI is InChI=1S/C12H13N3S/c13-6-3-10-2-1-7-15-12(10)16-11-4-8-14-9-5-11/h1-2,4-5,7-9H,3,6,13H2. The van der Waals surface area contributed by atoms with Crippen LogP contribution in [0.5, 0.6) is 0 Å². The number of pyridine rings is 2. The molecular weight excluding hydrogens is 218 g/mol. The third-order valence-electron chi connectivity index (χ3n) is 2.13. The first-order chi connectivity index (χ1) is 7.90. The Kier molecular flexibility index (Phi) is 3.91. The van der Waals surface area contributed by atoms with Gasteiger partial charge in [-0.15, -0.1) is 0 Å². The first-order valence-electron chi connectivity index (χ1n) is 5.12. The van der Waals surface area contributed by atoms with E-state index in [1.54, 1.807) is 24.2 Å². The van der Waals surface area contributed by atoms with Crippen molar-refractivity contribution in [1.82, 2.24) is 9.97 Å². The first kappa shape index (κ1) is 11.1. The Bertz CT molecular complexity index is 445. The van der Waals surface area contributed by atoms with Gasteiger partial charge in [-0.05, 0) is 36.7 Å². The van der Waals surface area contributed by atoms with Crippen molar-refractivity contribution in [2.24, 2.45) is 5.73 Å². The van der Waals surface area contributed by atoms with E-state index in [0.717, 1.165) is 16.3 Å². The molecule has 82 valence electrons. The summed E-state index contributed by atoms with van der Waals surface area (Å²) >= 11 is 1.65. The van der Waals surface area contributed by atoms with Crippen LogP contribution in [0, 0.1) is 0 Å². The molecule has 0 saturated carbocycles. The van der Waals surface area contributed by atoms with Gasteiger partial charge in [0.2, 0.25) is 0 Å². The maximum absolute atomic E-state index is 5.58. The Morgan fingerprint density at radius 2 is 1.94 bits per heavy atom. The molecule has 0 aliphatic heterocycles. The Balaban J connectivity index is 2.21. The molecule has 0 aromatic carbocycles. The van der Waals surface area contributed by atoms with Crippen molar-refractivity contribution in [1.29, 1.82) is 0 Å². The van der Waals surface area contributed by atoms with Gasteiger partial charge in [0.05, 0.1) is 0 Å². The van der Waals surface area contributed by atoms with E-state index in [0.29, 0.717) is 6.54 Å². The molecule has 0 saturated heterocycles. The number of nitrogens with zero attached hydrogens (tertiary/aromatic N) is 2. The van der Waals surface area contributed by atoms with Crippen LogP contribution < -0.4 is 5.73 Å². The number of hydrogen-bond acceptors (Lipinski definition) is 4. The van der Waals surface area contributed by atoms with E-state index in [4.69, 9.17) is 5.73 Å². The van der Waals surface area contributed by atoms with Crippen molar-refractivity contribution in [3.8, 4) is 0 Å². The van der Waals surface area contributed by atoms with Gasteiger partial charge in [0.15, 0.2) is 0 Å². The molecule has 0 aliphatic carbocycles. The predicted molar refractivity (Wildman–Crippen MR) is 65.4 cm³/mol. The molecule has 0 spiro atoms. The summed E-state index contributed by atoms with van der Waals surface area (Å²) in [5, 5.41) is 1.03. The van der Waals surface area contributed by atoms with Crippen LogP contribution >= 0.6 is 11.8 Å². The summed E-state index contributed by atoms with van der Waals surface area (Å²) in [7, 11) is 0. The lowest BCUT2D eigenvalue weighted by molar-refractivity contribution is 0.911. The third kappa shape index (κ3) is 2.81. The van der Waals surface area contributed by atoms with Gasteiger partial charge in [0.1, 0.15) is 5.03 Å². The second-order valence-corrected chi connectivity index (χ2v) is 4.35. The van der Waals surface area contributed by atoms with Crippen LogP contribution in [-0.4, -0.2) is 16.5 Å². The van der Waals surface area contributed by atoms with Gasteiger partial charge in [-0.25, -0.2) is 4.98 Å². The molecule has 0 amide bonds. The molecule has 0 radical (unpaired) electrons. The van der Waals surface area contributed by atoms with E-state index in [1.165, 1.54) is 5.56 Å². The largest absolute Gasteiger partial charge is 0.330 e. The minimum Gasteiger partial charge on any atom is -0.330 e. The highest BCUT2D eigenvalue weighted by Gasteiger charge is 2.04. The lowest BCUT2D eigenvalue weighted by atomic mass is 10.2. The first-order valence-corrected chi connectivity index (χ1v) is 5.93. The molecule has 2 aromatic rings. The maximum atomic E-state index is 5.58. The fourth-order valence-electron chi connectivity index (χ4n) is 1.38. The van der Waals surface area contributed by atoms with Gasteiger partial charge < -0.3 is 5.73 Å². The topological polar surface area (TPSA) is 51.8 Å². The van der Waals surface area contributed by atoms with Gasteiger partial charge in [-0.2, -0.15) is 0 Å². The van der Waals surface area contributed by atoms with Crippen molar-refractivity contribution in [3.63, 3.8) is 0 Å². The van der Waals surface area contributed by atoms with E-state index >= 15 is 0 Å². The van der Waals surface area contributed by atoms with Crippen molar-refractivity contribution in [2.45, 2.75) is 16.3 Å². The van der Waals surface area contributed by atoms with Crippen LogP contribution in [0.2, 0.25) is 0 Å². The molecule has 2 N–H and O–H groups in total. The van der Waals surface area contributed by atoms with E-state index in [-0.39, 0.29) is 0 Å². The zero-order valence-electron chi connectivity index (χ0n) is 8.84. The van der Waals surface area contributed by atoms with Crippen molar-refractivity contribution >= 4 is 11.8 Å². The summed E-state index contributed by atoms with van der Waals surface area (Å²) in [5.41, 5.74) is 6.78. The van der Waals surface area contributed by atoms with Crippen molar-refractivity contribution in [2.75, 3.05) is 6.54 Å². The molecule has 0 atom stereocenters. The quantitative estimate of drug-likeness (QED) is 0.875. The van der Waals surface area contributed by atoms with Crippen molar-refractivity contribution in [3.05, 3.63) is 48.4 Å². The van der Waals surface area contributed by atoms with Crippen molar-refractivity contribution < 1.29 is 0 Å². The third-order valence-corrected chi connectivity index (χ3v) is 3.20. The normalized spacial score (nSPS) is 10.3. The average Bonchev–Trinajstić information content (AvgIpc) is 2.33. The molecule has 2 rings (SSSR count). The summed E-state index contributed by atoms with van der Waals surface area (Å²) in [5.74, 6) is 0. The number of nitrogens with two attached hydrogens (primary N) is 1. The monoisotopic (exact) mass is 231 g/mol. The number of aromatic nitrogens is 2. The van der Waals surface area contributed by atoms with E-state index in [9.17, 15) is 0 Å². The highest BCUT2D eigenvalue weighted by molar-refractivity contribution is 7.99. The summed E-state index contributed by atoms with van der Waals surface area (Å²) in [6.45, 7) is 0.648. The summed E-state index contributed by atoms with van der Waals surface area (Å²) < 4.78 is 0. The minimum atomic E-state index is 0.648. The SMILES string of the molecule is NCCc1cccnc1Sc1ccncc1. The molecule has 2 aromatic heterocycles. The Labute approximate surface area is 99.1 Å². The van der Waals surface area contributed by atoms with Gasteiger partial charge in [-0.1, -0.05) is 17.8 Å². The Morgan fingerprint density at radius 1 is 1.12 bits per heavy atom. The van der Waals surface area contributed by atoms with Crippen LogP contribution in [0.1, 0.15) is 5.56 Å². The molecular formula is C12H13N3S. The fraction of sp³-hybridized carbons (Fsp3) is 0.167. The average molecular weight is 231 g/mol. The summed E-state index contributed by atoms with van der Waals surface area (Å²) in [4.78, 5) is 9.52. The van der Waals surface area contributed by atoms with Gasteiger partial charge >= 0.3 is 0 Å². The molecule has 16 heavy (non-hydrogen) atoms. The summed E-state index contributed by atoms with van der Waals surface area (Å²) in [6.07, 6.45) is 6.24. The number of rotatable bonds is 4. The molecule has 0 bridgehead atoms. The second kappa shape index (κ2) is 5.63. The van der Waals surface area contributed by atoms with E-state index in [1.807, 2.05) is 24.4 Å². The zero-order valence-corrected chi connectivity index (χ0v) is 9.65. The molecule has 4 heteroatoms. The fourth-order valence-corrected chi connectivity index (χ4v) is 2.28. The van der Waals surface area contributed by atoms with Gasteiger partial charge in [0.25, 0.3) is 0 Å². The highest BCUT2D eigenvalue weighted by atomic mass is 32.2. The smallest absolute Gasteiger partial charge is 0.104 e. The molecule has 0 fully saturated rings. The van der Waals surface area contributed by atoms with Crippen LogP contribution in [0.4, 0.5) is 0 Å². The van der Waals surface area contributed by atoms with Gasteiger partial charge in [0, 0.05) is 23.5 Å². The number of hydrogen-bond donors (Lipinski definition) is 1. The molecule has 3 nitrogen and oxygen atoms in total. The zero-order chi connectivity index (χ0) is 11.2. The lowest BCUT2D eigenvalue weighted by Crippen LogP contribution is -2.04. The summed E-state index contributed by atoms with van der Waals surface area (Å²) in [6, 6.07) is 7.97. The van der Waals surface area contributed by atoms with Crippen LogP contribution in [0.3, 0.4) is 0 Å². The van der Waals surface area contributed by atoms with Gasteiger partial charge in [-0.3, -0.25) is 4.98 Å². The molecule has 0 aliphatic rings. The van der Waals surface area contributed by atoms with Crippen LogP contribution in [-0.2, 0) is 6.42 Å². The predicted octanol–water partition coefficient (Wildman–Crippen LogP) is 2.13. The second-order valence-electron chi connectivity index (χ2n) is 3.29. The molecule has 2 heterocycles.